The van der Waals surface area contributed by atoms with Crippen molar-refractivity contribution in [1.82, 2.24) is 10.3 Å². The Balaban J connectivity index is 1.70. The van der Waals surface area contributed by atoms with Crippen molar-refractivity contribution in [2.45, 2.75) is 37.5 Å². The number of nitrogens with zero attached hydrogens (tertiary/aromatic N) is 1. The van der Waals surface area contributed by atoms with Gasteiger partial charge in [0.15, 0.2) is 5.11 Å². The lowest BCUT2D eigenvalue weighted by Gasteiger charge is -2.38. The van der Waals surface area contributed by atoms with Gasteiger partial charge in [0, 0.05) is 27.7 Å². The minimum Gasteiger partial charge on any atom is -0.362 e. The van der Waals surface area contributed by atoms with E-state index in [4.69, 9.17) is 23.8 Å². The number of anilines is 1. The van der Waals surface area contributed by atoms with Crippen LogP contribution in [0.15, 0.2) is 45.5 Å². The Kier molecular flexibility index (Phi) is 6.94. The molecule has 1 aromatic carbocycles. The predicted molar refractivity (Wildman–Crippen MR) is 120 cm³/mol. The Morgan fingerprint density at radius 2 is 1.96 bits per heavy atom. The van der Waals surface area contributed by atoms with E-state index in [0.717, 1.165) is 33.4 Å². The van der Waals surface area contributed by atoms with Crippen molar-refractivity contribution in [1.29, 1.82) is 0 Å². The zero-order valence-electron chi connectivity index (χ0n) is 14.2. The van der Waals surface area contributed by atoms with Crippen LogP contribution in [0, 0.1) is 0 Å². The highest BCUT2D eigenvalue weighted by Gasteiger charge is 2.34. The molecule has 0 saturated heterocycles. The Labute approximate surface area is 181 Å². The van der Waals surface area contributed by atoms with Crippen LogP contribution >= 0.6 is 55.7 Å². The van der Waals surface area contributed by atoms with E-state index in [-0.39, 0.29) is 5.41 Å². The van der Waals surface area contributed by atoms with E-state index in [9.17, 15) is 0 Å². The van der Waals surface area contributed by atoms with Crippen LogP contribution in [-0.2, 0) is 5.41 Å². The zero-order valence-corrected chi connectivity index (χ0v) is 18.9. The van der Waals surface area contributed by atoms with Gasteiger partial charge in [0.25, 0.3) is 0 Å². The van der Waals surface area contributed by atoms with Crippen LogP contribution in [0.4, 0.5) is 5.82 Å². The quantitative estimate of drug-likeness (QED) is 0.457. The number of thiocarbonyl (C=S) groups is 1. The summed E-state index contributed by atoms with van der Waals surface area (Å²) in [6.07, 6.45) is 7.78. The third kappa shape index (κ3) is 4.97. The van der Waals surface area contributed by atoms with Crippen LogP contribution in [0.2, 0.25) is 5.02 Å². The van der Waals surface area contributed by atoms with Gasteiger partial charge < -0.3 is 10.6 Å². The van der Waals surface area contributed by atoms with Gasteiger partial charge in [0.2, 0.25) is 0 Å². The number of pyridine rings is 1. The molecule has 0 bridgehead atoms. The molecule has 1 aliphatic carbocycles. The molecule has 0 radical (unpaired) electrons. The summed E-state index contributed by atoms with van der Waals surface area (Å²) in [5.74, 6) is 0.700. The van der Waals surface area contributed by atoms with Crippen LogP contribution in [0.25, 0.3) is 0 Å². The molecule has 3 rings (SSSR count). The fourth-order valence-corrected chi connectivity index (χ4v) is 4.97. The lowest BCUT2D eigenvalue weighted by Crippen LogP contribution is -2.43. The number of benzene rings is 1. The topological polar surface area (TPSA) is 37.0 Å². The van der Waals surface area contributed by atoms with E-state index in [2.05, 4.69) is 59.6 Å². The molecule has 1 fully saturated rings. The summed E-state index contributed by atoms with van der Waals surface area (Å²) >= 11 is 18.7. The molecule has 26 heavy (non-hydrogen) atoms. The molecule has 1 heterocycles. The first-order valence-electron chi connectivity index (χ1n) is 8.60. The molecular weight excluding hydrogens is 498 g/mol. The molecule has 2 aromatic rings. The van der Waals surface area contributed by atoms with Crippen molar-refractivity contribution in [2.24, 2.45) is 0 Å². The maximum absolute atomic E-state index is 6.25. The molecule has 0 unspecified atom stereocenters. The molecule has 1 aromatic heterocycles. The first-order chi connectivity index (χ1) is 12.5. The molecule has 3 nitrogen and oxygen atoms in total. The van der Waals surface area contributed by atoms with Crippen LogP contribution in [0.3, 0.4) is 0 Å². The maximum atomic E-state index is 6.25. The summed E-state index contributed by atoms with van der Waals surface area (Å²) in [5, 5.41) is 7.94. The standard InChI is InChI=1S/C19H20Br2ClN3S/c20-14-10-16(21)17(23-11-14)25-18(26)24-12-19(7-2-1-3-8-19)13-5-4-6-15(22)9-13/h4-6,9-11H,1-3,7-8,12H2,(H2,23,24,25,26). The molecule has 1 saturated carbocycles. The van der Waals surface area contributed by atoms with Crippen LogP contribution in [0.1, 0.15) is 37.7 Å². The summed E-state index contributed by atoms with van der Waals surface area (Å²) in [4.78, 5) is 4.35. The lowest BCUT2D eigenvalue weighted by molar-refractivity contribution is 0.292. The Hall–Kier alpha value is -0.690. The van der Waals surface area contributed by atoms with Gasteiger partial charge in [-0.15, -0.1) is 0 Å². The normalized spacial score (nSPS) is 16.1. The first kappa shape index (κ1) is 20.1. The predicted octanol–water partition coefficient (Wildman–Crippen LogP) is 6.45. The minimum atomic E-state index is 0.0687. The zero-order chi connectivity index (χ0) is 18.6. The van der Waals surface area contributed by atoms with Crippen molar-refractivity contribution in [3.05, 3.63) is 56.1 Å². The van der Waals surface area contributed by atoms with Gasteiger partial charge >= 0.3 is 0 Å². The second-order valence-electron chi connectivity index (χ2n) is 6.64. The fourth-order valence-electron chi connectivity index (χ4n) is 3.52. The van der Waals surface area contributed by atoms with Gasteiger partial charge in [-0.1, -0.05) is 43.0 Å². The molecular formula is C19H20Br2ClN3S. The monoisotopic (exact) mass is 515 g/mol. The summed E-state index contributed by atoms with van der Waals surface area (Å²) in [7, 11) is 0. The van der Waals surface area contributed by atoms with Gasteiger partial charge in [-0.2, -0.15) is 0 Å². The Bertz CT molecular complexity index is 794. The molecule has 138 valence electrons. The van der Waals surface area contributed by atoms with E-state index in [1.165, 1.54) is 24.8 Å². The smallest absolute Gasteiger partial charge is 0.172 e. The molecule has 0 aliphatic heterocycles. The molecule has 2 N–H and O–H groups in total. The molecule has 0 atom stereocenters. The molecule has 1 aliphatic rings. The minimum absolute atomic E-state index is 0.0687. The SMILES string of the molecule is S=C(NCC1(c2cccc(Cl)c2)CCCCC1)Nc1ncc(Br)cc1Br. The van der Waals surface area contributed by atoms with Crippen molar-refractivity contribution in [3.8, 4) is 0 Å². The highest BCUT2D eigenvalue weighted by atomic mass is 79.9. The Morgan fingerprint density at radius 1 is 1.19 bits per heavy atom. The third-order valence-corrected chi connectivity index (χ3v) is 6.39. The number of halogens is 3. The third-order valence-electron chi connectivity index (χ3n) is 4.87. The molecule has 0 spiro atoms. The van der Waals surface area contributed by atoms with Crippen LogP contribution < -0.4 is 10.6 Å². The largest absolute Gasteiger partial charge is 0.362 e. The summed E-state index contributed by atoms with van der Waals surface area (Å²) in [6.45, 7) is 0.785. The van der Waals surface area contributed by atoms with Crippen molar-refractivity contribution in [3.63, 3.8) is 0 Å². The highest BCUT2D eigenvalue weighted by molar-refractivity contribution is 9.11. The Morgan fingerprint density at radius 3 is 2.65 bits per heavy atom. The average molecular weight is 518 g/mol. The summed E-state index contributed by atoms with van der Waals surface area (Å²) in [5.41, 5.74) is 1.36. The average Bonchev–Trinajstić information content (AvgIpc) is 2.63. The number of nitrogens with one attached hydrogen (secondary N) is 2. The van der Waals surface area contributed by atoms with Crippen LogP contribution in [-0.4, -0.2) is 16.6 Å². The number of hydrogen-bond acceptors (Lipinski definition) is 2. The van der Waals surface area contributed by atoms with Gasteiger partial charge in [0.05, 0.1) is 4.47 Å². The van der Waals surface area contributed by atoms with Gasteiger partial charge in [-0.25, -0.2) is 4.98 Å². The fraction of sp³-hybridized carbons (Fsp3) is 0.368. The highest BCUT2D eigenvalue weighted by Crippen LogP contribution is 2.39. The van der Waals surface area contributed by atoms with E-state index < -0.39 is 0 Å². The number of hydrogen-bond donors (Lipinski definition) is 2. The van der Waals surface area contributed by atoms with E-state index in [1.54, 1.807) is 6.20 Å². The lowest BCUT2D eigenvalue weighted by atomic mass is 9.69. The van der Waals surface area contributed by atoms with Crippen molar-refractivity contribution >= 4 is 66.6 Å². The maximum Gasteiger partial charge on any atom is 0.172 e. The van der Waals surface area contributed by atoms with Crippen LogP contribution in [0.5, 0.6) is 0 Å². The number of aromatic nitrogens is 1. The van der Waals surface area contributed by atoms with Gasteiger partial charge in [-0.3, -0.25) is 0 Å². The van der Waals surface area contributed by atoms with E-state index in [0.29, 0.717) is 10.9 Å². The van der Waals surface area contributed by atoms with E-state index >= 15 is 0 Å². The van der Waals surface area contributed by atoms with Gasteiger partial charge in [-0.05, 0) is 80.7 Å². The van der Waals surface area contributed by atoms with Gasteiger partial charge in [0.1, 0.15) is 5.82 Å². The summed E-state index contributed by atoms with van der Waals surface area (Å²) in [6, 6.07) is 10.2. The van der Waals surface area contributed by atoms with Crippen molar-refractivity contribution in [2.75, 3.05) is 11.9 Å². The second kappa shape index (κ2) is 9.00. The van der Waals surface area contributed by atoms with Crippen molar-refractivity contribution < 1.29 is 0 Å². The molecule has 7 heteroatoms. The van der Waals surface area contributed by atoms with E-state index in [1.807, 2.05) is 18.2 Å². The second-order valence-corrected chi connectivity index (χ2v) is 9.26. The molecule has 0 amide bonds. The number of rotatable bonds is 4. The first-order valence-corrected chi connectivity index (χ1v) is 11.0. The summed E-state index contributed by atoms with van der Waals surface area (Å²) < 4.78 is 1.77.